The second kappa shape index (κ2) is 12.2. The normalized spacial score (nSPS) is 12.7. The van der Waals surface area contributed by atoms with Gasteiger partial charge in [0.05, 0.1) is 32.1 Å². The summed E-state index contributed by atoms with van der Waals surface area (Å²) in [6.07, 6.45) is 2.39. The fraction of sp³-hybridized carbons (Fsp3) is 0.391. The van der Waals surface area contributed by atoms with E-state index >= 15 is 0 Å². The third-order valence-corrected chi connectivity index (χ3v) is 4.99. The van der Waals surface area contributed by atoms with Crippen molar-refractivity contribution in [2.75, 3.05) is 18.5 Å². The van der Waals surface area contributed by atoms with Gasteiger partial charge in [-0.05, 0) is 25.5 Å². The second-order valence-corrected chi connectivity index (χ2v) is 7.75. The first-order valence-electron chi connectivity index (χ1n) is 11.3. The Morgan fingerprint density at radius 2 is 2.03 bits per heavy atom. The van der Waals surface area contributed by atoms with Gasteiger partial charge in [0.15, 0.2) is 23.1 Å². The minimum absolute atomic E-state index is 0.0297. The summed E-state index contributed by atoms with van der Waals surface area (Å²) in [6, 6.07) is 3.58. The van der Waals surface area contributed by atoms with Crippen molar-refractivity contribution < 1.29 is 33.3 Å². The first kappa shape index (κ1) is 26.8. The molecule has 3 rings (SSSR count). The van der Waals surface area contributed by atoms with Crippen molar-refractivity contribution in [1.29, 1.82) is 0 Å². The van der Waals surface area contributed by atoms with Gasteiger partial charge in [-0.2, -0.15) is 14.6 Å². The van der Waals surface area contributed by atoms with E-state index in [9.17, 15) is 23.5 Å². The molecular formula is C23H27F2N5O6. The molecule has 13 heteroatoms. The average molecular weight is 507 g/mol. The van der Waals surface area contributed by atoms with Crippen molar-refractivity contribution >= 4 is 11.7 Å². The summed E-state index contributed by atoms with van der Waals surface area (Å²) < 4.78 is 41.3. The number of benzene rings is 1. The number of rotatable bonds is 12. The van der Waals surface area contributed by atoms with Crippen LogP contribution in [-0.4, -0.2) is 55.0 Å². The van der Waals surface area contributed by atoms with E-state index in [0.29, 0.717) is 6.42 Å². The molecule has 0 saturated heterocycles. The molecule has 1 unspecified atom stereocenters. The molecule has 0 bridgehead atoms. The van der Waals surface area contributed by atoms with E-state index in [4.69, 9.17) is 14.6 Å². The number of carbonyl (C=O) groups excluding carboxylic acids is 1. The molecule has 36 heavy (non-hydrogen) atoms. The van der Waals surface area contributed by atoms with E-state index in [2.05, 4.69) is 15.5 Å². The highest BCUT2D eigenvalue weighted by Crippen LogP contribution is 2.32. The first-order chi connectivity index (χ1) is 17.3. The molecule has 2 aromatic heterocycles. The second-order valence-electron chi connectivity index (χ2n) is 7.75. The maximum atomic E-state index is 14.5. The summed E-state index contributed by atoms with van der Waals surface area (Å²) in [6.45, 7) is 3.21. The van der Waals surface area contributed by atoms with Crippen molar-refractivity contribution in [3.63, 3.8) is 0 Å². The fourth-order valence-electron chi connectivity index (χ4n) is 3.33. The minimum Gasteiger partial charge on any atom is -0.491 e. The monoisotopic (exact) mass is 507 g/mol. The number of aliphatic hydroxyl groups is 2. The molecular weight excluding hydrogens is 480 g/mol. The Kier molecular flexibility index (Phi) is 9.08. The van der Waals surface area contributed by atoms with Crippen LogP contribution in [0.1, 0.15) is 32.7 Å². The van der Waals surface area contributed by atoms with Crippen LogP contribution >= 0.6 is 0 Å². The largest absolute Gasteiger partial charge is 0.491 e. The Balaban J connectivity index is 1.79. The van der Waals surface area contributed by atoms with E-state index in [1.165, 1.54) is 16.9 Å². The van der Waals surface area contributed by atoms with Crippen LogP contribution in [0.4, 0.5) is 14.6 Å². The van der Waals surface area contributed by atoms with Crippen molar-refractivity contribution in [2.45, 2.75) is 45.4 Å². The number of ether oxygens (including phenoxy) is 2. The van der Waals surface area contributed by atoms with Crippen LogP contribution in [0.25, 0.3) is 0 Å². The SMILES string of the molecule is CCCC(C(=O)Nc1ccn(C[C@@H](O)CO)n1)n1ncc(Oc2c(F)ccc(OCC)c2F)cc1=O. The number of aromatic nitrogens is 4. The summed E-state index contributed by atoms with van der Waals surface area (Å²) in [5.41, 5.74) is -0.723. The molecule has 1 amide bonds. The lowest BCUT2D eigenvalue weighted by atomic mass is 10.1. The summed E-state index contributed by atoms with van der Waals surface area (Å²) in [5, 5.41) is 29.1. The highest BCUT2D eigenvalue weighted by atomic mass is 19.1. The van der Waals surface area contributed by atoms with Crippen LogP contribution in [0, 0.1) is 11.6 Å². The van der Waals surface area contributed by atoms with Crippen molar-refractivity contribution in [3.8, 4) is 17.2 Å². The molecule has 11 nitrogen and oxygen atoms in total. The van der Waals surface area contributed by atoms with Gasteiger partial charge in [-0.25, -0.2) is 9.07 Å². The Hall–Kier alpha value is -3.84. The topological polar surface area (TPSA) is 141 Å². The van der Waals surface area contributed by atoms with Gasteiger partial charge in [0.2, 0.25) is 11.6 Å². The standard InChI is InChI=1S/C23H27F2N5O6/c1-3-5-17(23(34)27-19-8-9-29(28-19)12-14(32)13-31)30-20(33)10-15(11-26-30)36-22-16(24)6-7-18(21(22)25)35-4-2/h6-11,14,17,31-32H,3-5,12-13H2,1-2H3,(H,27,28,34)/t14-,17?/m1/s1. The molecule has 0 saturated carbocycles. The zero-order valence-corrected chi connectivity index (χ0v) is 19.7. The van der Waals surface area contributed by atoms with Gasteiger partial charge < -0.3 is 25.0 Å². The van der Waals surface area contributed by atoms with Crippen LogP contribution in [0.2, 0.25) is 0 Å². The first-order valence-corrected chi connectivity index (χ1v) is 11.3. The summed E-state index contributed by atoms with van der Waals surface area (Å²) in [4.78, 5) is 25.7. The van der Waals surface area contributed by atoms with Crippen LogP contribution in [-0.2, 0) is 11.3 Å². The number of anilines is 1. The molecule has 2 heterocycles. The van der Waals surface area contributed by atoms with Gasteiger partial charge >= 0.3 is 0 Å². The van der Waals surface area contributed by atoms with Crippen molar-refractivity contribution in [2.24, 2.45) is 0 Å². The molecule has 194 valence electrons. The molecule has 0 aliphatic carbocycles. The minimum atomic E-state index is -1.06. The van der Waals surface area contributed by atoms with Crippen molar-refractivity contribution in [3.05, 3.63) is 58.6 Å². The van der Waals surface area contributed by atoms with E-state index in [1.807, 2.05) is 6.92 Å². The Labute approximate surface area is 204 Å². The number of halogens is 2. The lowest BCUT2D eigenvalue weighted by Crippen LogP contribution is -2.34. The zero-order valence-electron chi connectivity index (χ0n) is 19.7. The molecule has 0 aliphatic rings. The number of carbonyl (C=O) groups is 1. The van der Waals surface area contributed by atoms with Gasteiger partial charge in [-0.1, -0.05) is 13.3 Å². The summed E-state index contributed by atoms with van der Waals surface area (Å²) >= 11 is 0. The third kappa shape index (κ3) is 6.43. The highest BCUT2D eigenvalue weighted by molar-refractivity contribution is 5.92. The molecule has 0 spiro atoms. The molecule has 0 aliphatic heterocycles. The summed E-state index contributed by atoms with van der Waals surface area (Å²) in [5.74, 6) is -3.61. The van der Waals surface area contributed by atoms with E-state index in [-0.39, 0.29) is 36.9 Å². The number of nitrogens with one attached hydrogen (secondary N) is 1. The molecule has 1 aromatic carbocycles. The molecule has 3 aromatic rings. The Morgan fingerprint density at radius 1 is 1.25 bits per heavy atom. The zero-order chi connectivity index (χ0) is 26.2. The number of aliphatic hydroxyl groups excluding tert-OH is 2. The Morgan fingerprint density at radius 3 is 2.69 bits per heavy atom. The fourth-order valence-corrected chi connectivity index (χ4v) is 3.33. The predicted octanol–water partition coefficient (Wildman–Crippen LogP) is 2.24. The lowest BCUT2D eigenvalue weighted by molar-refractivity contribution is -0.119. The average Bonchev–Trinajstić information content (AvgIpc) is 3.28. The van der Waals surface area contributed by atoms with Gasteiger partial charge in [-0.3, -0.25) is 14.3 Å². The maximum absolute atomic E-state index is 14.5. The van der Waals surface area contributed by atoms with Gasteiger partial charge in [0, 0.05) is 18.3 Å². The number of amides is 1. The number of hydrogen-bond donors (Lipinski definition) is 3. The molecule has 0 fully saturated rings. The summed E-state index contributed by atoms with van der Waals surface area (Å²) in [7, 11) is 0. The number of nitrogens with zero attached hydrogens (tertiary/aromatic N) is 4. The lowest BCUT2D eigenvalue weighted by Gasteiger charge is -2.17. The van der Waals surface area contributed by atoms with Crippen LogP contribution in [0.5, 0.6) is 17.2 Å². The third-order valence-electron chi connectivity index (χ3n) is 4.99. The highest BCUT2D eigenvalue weighted by Gasteiger charge is 2.24. The van der Waals surface area contributed by atoms with E-state index in [0.717, 1.165) is 29.1 Å². The van der Waals surface area contributed by atoms with E-state index in [1.54, 1.807) is 6.92 Å². The van der Waals surface area contributed by atoms with Crippen LogP contribution in [0.3, 0.4) is 0 Å². The molecule has 2 atom stereocenters. The maximum Gasteiger partial charge on any atom is 0.271 e. The van der Waals surface area contributed by atoms with Gasteiger partial charge in [0.25, 0.3) is 11.5 Å². The van der Waals surface area contributed by atoms with Crippen LogP contribution < -0.4 is 20.3 Å². The Bertz CT molecular complexity index is 1250. The smallest absolute Gasteiger partial charge is 0.271 e. The number of hydrogen-bond acceptors (Lipinski definition) is 8. The van der Waals surface area contributed by atoms with Gasteiger partial charge in [0.1, 0.15) is 6.04 Å². The molecule has 0 radical (unpaired) electrons. The van der Waals surface area contributed by atoms with E-state index < -0.39 is 47.6 Å². The predicted molar refractivity (Wildman–Crippen MR) is 124 cm³/mol. The van der Waals surface area contributed by atoms with Crippen LogP contribution in [0.15, 0.2) is 41.5 Å². The molecule has 3 N–H and O–H groups in total. The van der Waals surface area contributed by atoms with Gasteiger partial charge in [-0.15, -0.1) is 0 Å². The van der Waals surface area contributed by atoms with Crippen molar-refractivity contribution in [1.82, 2.24) is 19.6 Å². The quantitative estimate of drug-likeness (QED) is 0.339.